The molecule has 1 aromatic heterocycles. The molecule has 0 amide bonds. The number of aromatic nitrogens is 2. The van der Waals surface area contributed by atoms with E-state index in [1.54, 1.807) is 6.20 Å². The lowest BCUT2D eigenvalue weighted by atomic mass is 10.0. The molecule has 3 rings (SSSR count). The van der Waals surface area contributed by atoms with Crippen LogP contribution in [0.25, 0.3) is 0 Å². The molecular weight excluding hydrogens is 313 g/mol. The number of likely N-dealkylation sites (N-methyl/N-ethyl adjacent to an activating group) is 1. The average molecular weight is 331 g/mol. The van der Waals surface area contributed by atoms with E-state index >= 15 is 0 Å². The maximum atomic E-state index is 14.3. The Morgan fingerprint density at radius 3 is 2.92 bits per heavy atom. The van der Waals surface area contributed by atoms with E-state index in [1.165, 1.54) is 12.1 Å². The van der Waals surface area contributed by atoms with Crippen LogP contribution >= 0.6 is 0 Å². The molecular formula is C16H18FN5O2. The Labute approximate surface area is 138 Å². The first-order valence-electron chi connectivity index (χ1n) is 7.75. The fraction of sp³-hybridized carbons (Fsp3) is 0.375. The number of anilines is 2. The third-order valence-electron chi connectivity index (χ3n) is 4.35. The summed E-state index contributed by atoms with van der Waals surface area (Å²) in [6.07, 6.45) is 3.51. The van der Waals surface area contributed by atoms with Gasteiger partial charge in [0.25, 0.3) is 5.69 Å². The summed E-state index contributed by atoms with van der Waals surface area (Å²) in [6.45, 7) is 1.58. The van der Waals surface area contributed by atoms with Crippen molar-refractivity contribution in [3.63, 3.8) is 0 Å². The van der Waals surface area contributed by atoms with Crippen molar-refractivity contribution in [3.8, 4) is 0 Å². The molecule has 7 nitrogen and oxygen atoms in total. The lowest BCUT2D eigenvalue weighted by molar-refractivity contribution is -0.385. The molecule has 0 saturated carbocycles. The third-order valence-corrected chi connectivity index (χ3v) is 4.35. The summed E-state index contributed by atoms with van der Waals surface area (Å²) in [4.78, 5) is 14.1. The van der Waals surface area contributed by atoms with Gasteiger partial charge in [0, 0.05) is 38.4 Å². The van der Waals surface area contributed by atoms with Crippen LogP contribution in [0.2, 0.25) is 0 Å². The van der Waals surface area contributed by atoms with Crippen molar-refractivity contribution in [2.45, 2.75) is 18.9 Å². The lowest BCUT2D eigenvalue weighted by Crippen LogP contribution is -2.47. The smallest absolute Gasteiger partial charge is 0.272 e. The van der Waals surface area contributed by atoms with E-state index < -0.39 is 10.7 Å². The monoisotopic (exact) mass is 331 g/mol. The van der Waals surface area contributed by atoms with Gasteiger partial charge in [0.15, 0.2) is 11.6 Å². The highest BCUT2D eigenvalue weighted by molar-refractivity contribution is 5.53. The number of benzene rings is 1. The molecule has 2 aromatic rings. The van der Waals surface area contributed by atoms with Crippen LogP contribution in [0.5, 0.6) is 0 Å². The molecule has 0 radical (unpaired) electrons. The molecule has 1 aromatic carbocycles. The van der Waals surface area contributed by atoms with E-state index in [2.05, 4.69) is 15.1 Å². The van der Waals surface area contributed by atoms with Gasteiger partial charge in [0.2, 0.25) is 0 Å². The highest BCUT2D eigenvalue weighted by Gasteiger charge is 2.26. The number of hydrogen-bond acceptors (Lipinski definition) is 6. The van der Waals surface area contributed by atoms with Crippen LogP contribution < -0.4 is 9.80 Å². The normalized spacial score (nSPS) is 17.6. The Morgan fingerprint density at radius 2 is 2.25 bits per heavy atom. The number of nitro groups is 1. The van der Waals surface area contributed by atoms with Crippen molar-refractivity contribution in [3.05, 3.63) is 52.5 Å². The van der Waals surface area contributed by atoms with Crippen molar-refractivity contribution >= 4 is 17.2 Å². The molecule has 0 spiro atoms. The third kappa shape index (κ3) is 3.27. The average Bonchev–Trinajstić information content (AvgIpc) is 2.62. The Morgan fingerprint density at radius 1 is 1.42 bits per heavy atom. The van der Waals surface area contributed by atoms with E-state index in [9.17, 15) is 14.5 Å². The predicted molar refractivity (Wildman–Crippen MR) is 88.7 cm³/mol. The van der Waals surface area contributed by atoms with Gasteiger partial charge in [0.1, 0.15) is 0 Å². The zero-order valence-electron chi connectivity index (χ0n) is 13.3. The predicted octanol–water partition coefficient (Wildman–Crippen LogP) is 2.63. The van der Waals surface area contributed by atoms with Crippen LogP contribution in [0.3, 0.4) is 0 Å². The van der Waals surface area contributed by atoms with Crippen molar-refractivity contribution in [1.29, 1.82) is 0 Å². The van der Waals surface area contributed by atoms with Gasteiger partial charge in [0.05, 0.1) is 16.7 Å². The number of rotatable bonds is 4. The molecule has 0 N–H and O–H groups in total. The van der Waals surface area contributed by atoms with Crippen molar-refractivity contribution in [1.82, 2.24) is 10.2 Å². The van der Waals surface area contributed by atoms with Crippen LogP contribution in [0, 0.1) is 15.9 Å². The zero-order valence-corrected chi connectivity index (χ0v) is 13.3. The summed E-state index contributed by atoms with van der Waals surface area (Å²) in [5.41, 5.74) is 0.126. The molecule has 1 aliphatic heterocycles. The van der Waals surface area contributed by atoms with Crippen molar-refractivity contribution < 1.29 is 9.31 Å². The summed E-state index contributed by atoms with van der Waals surface area (Å²) in [7, 11) is 1.81. The number of nitro benzene ring substituents is 1. The quantitative estimate of drug-likeness (QED) is 0.633. The Hall–Kier alpha value is -2.77. The van der Waals surface area contributed by atoms with E-state index in [-0.39, 0.29) is 11.7 Å². The number of piperidine rings is 1. The summed E-state index contributed by atoms with van der Waals surface area (Å²) < 4.78 is 14.3. The Kier molecular flexibility index (Phi) is 4.54. The molecule has 1 atom stereocenters. The molecule has 24 heavy (non-hydrogen) atoms. The van der Waals surface area contributed by atoms with Crippen LogP contribution in [0.4, 0.5) is 21.6 Å². The standard InChI is InChI=1S/C16H18FN5O2/c1-20(15-7-6-12(22(23)24)10-14(15)17)13-4-3-9-21(11-13)16-5-2-8-18-19-16/h2,5-8,10,13H,3-4,9,11H2,1H3. The van der Waals surface area contributed by atoms with Gasteiger partial charge in [-0.25, -0.2) is 4.39 Å². The van der Waals surface area contributed by atoms with Gasteiger partial charge in [-0.3, -0.25) is 10.1 Å². The van der Waals surface area contributed by atoms with E-state index in [4.69, 9.17) is 0 Å². The van der Waals surface area contributed by atoms with Crippen LogP contribution in [-0.4, -0.2) is 41.3 Å². The minimum atomic E-state index is -0.594. The minimum Gasteiger partial charge on any atom is -0.367 e. The molecule has 8 heteroatoms. The first-order valence-corrected chi connectivity index (χ1v) is 7.75. The first-order chi connectivity index (χ1) is 11.6. The summed E-state index contributed by atoms with van der Waals surface area (Å²) in [6, 6.07) is 7.60. The molecule has 0 bridgehead atoms. The molecule has 0 aliphatic carbocycles. The minimum absolute atomic E-state index is 0.0942. The second kappa shape index (κ2) is 6.77. The topological polar surface area (TPSA) is 75.4 Å². The maximum Gasteiger partial charge on any atom is 0.272 e. The Bertz CT molecular complexity index is 728. The van der Waals surface area contributed by atoms with E-state index in [1.807, 2.05) is 24.1 Å². The van der Waals surface area contributed by atoms with Gasteiger partial charge < -0.3 is 9.80 Å². The highest BCUT2D eigenvalue weighted by atomic mass is 19.1. The second-order valence-electron chi connectivity index (χ2n) is 5.83. The first kappa shape index (κ1) is 16.1. The maximum absolute atomic E-state index is 14.3. The van der Waals surface area contributed by atoms with Gasteiger partial charge in [-0.2, -0.15) is 5.10 Å². The highest BCUT2D eigenvalue weighted by Crippen LogP contribution is 2.28. The molecule has 2 heterocycles. The molecule has 126 valence electrons. The van der Waals surface area contributed by atoms with Crippen LogP contribution in [0.1, 0.15) is 12.8 Å². The van der Waals surface area contributed by atoms with Crippen LogP contribution in [0.15, 0.2) is 36.5 Å². The number of halogens is 1. The summed E-state index contributed by atoms with van der Waals surface area (Å²) >= 11 is 0. The Balaban J connectivity index is 1.77. The van der Waals surface area contributed by atoms with E-state index in [0.717, 1.165) is 31.3 Å². The van der Waals surface area contributed by atoms with Crippen molar-refractivity contribution in [2.75, 3.05) is 29.9 Å². The molecule has 1 fully saturated rings. The number of nitrogens with zero attached hydrogens (tertiary/aromatic N) is 5. The fourth-order valence-electron chi connectivity index (χ4n) is 3.03. The zero-order chi connectivity index (χ0) is 17.1. The largest absolute Gasteiger partial charge is 0.367 e. The lowest BCUT2D eigenvalue weighted by Gasteiger charge is -2.39. The second-order valence-corrected chi connectivity index (χ2v) is 5.83. The van der Waals surface area contributed by atoms with Gasteiger partial charge >= 0.3 is 0 Å². The van der Waals surface area contributed by atoms with Crippen molar-refractivity contribution in [2.24, 2.45) is 0 Å². The molecule has 1 saturated heterocycles. The molecule has 1 unspecified atom stereocenters. The molecule has 1 aliphatic rings. The van der Waals surface area contributed by atoms with E-state index in [0.29, 0.717) is 12.2 Å². The number of hydrogen-bond donors (Lipinski definition) is 0. The number of non-ortho nitro benzene ring substituents is 1. The fourth-order valence-corrected chi connectivity index (χ4v) is 3.03. The SMILES string of the molecule is CN(c1ccc([N+](=O)[O-])cc1F)C1CCCN(c2cccnn2)C1. The van der Waals surface area contributed by atoms with Crippen LogP contribution in [-0.2, 0) is 0 Å². The summed E-state index contributed by atoms with van der Waals surface area (Å²) in [5, 5.41) is 18.8. The van der Waals surface area contributed by atoms with Gasteiger partial charge in [-0.05, 0) is 31.0 Å². The summed E-state index contributed by atoms with van der Waals surface area (Å²) in [5.74, 6) is 0.225. The van der Waals surface area contributed by atoms with Gasteiger partial charge in [-0.15, -0.1) is 5.10 Å². The van der Waals surface area contributed by atoms with Gasteiger partial charge in [-0.1, -0.05) is 0 Å².